The number of carbonyl (C=O) groups excluding carboxylic acids is 4. The number of hydrogen-bond acceptors (Lipinski definition) is 7. The largest absolute Gasteiger partial charge is 0.380 e. The van der Waals surface area contributed by atoms with Gasteiger partial charge in [-0.2, -0.15) is 5.10 Å². The highest BCUT2D eigenvalue weighted by Gasteiger charge is 2.45. The molecular formula is C30H38N6O4. The predicted octanol–water partition coefficient (Wildman–Crippen LogP) is 3.50. The van der Waals surface area contributed by atoms with Crippen molar-refractivity contribution in [1.82, 2.24) is 24.9 Å². The Morgan fingerprint density at radius 1 is 1.02 bits per heavy atom. The quantitative estimate of drug-likeness (QED) is 0.511. The van der Waals surface area contributed by atoms with E-state index in [1.165, 1.54) is 38.6 Å². The number of aromatic nitrogens is 2. The number of likely N-dealkylation sites (tertiary alicyclic amines) is 1. The zero-order valence-corrected chi connectivity index (χ0v) is 23.2. The van der Waals surface area contributed by atoms with Crippen molar-refractivity contribution in [2.75, 3.05) is 25.0 Å². The molecule has 40 heavy (non-hydrogen) atoms. The predicted molar refractivity (Wildman–Crippen MR) is 149 cm³/mol. The summed E-state index contributed by atoms with van der Waals surface area (Å²) in [5, 5.41) is 10.2. The molecule has 212 valence electrons. The summed E-state index contributed by atoms with van der Waals surface area (Å²) < 4.78 is 2.07. The Balaban J connectivity index is 1.07. The van der Waals surface area contributed by atoms with E-state index in [2.05, 4.69) is 38.4 Å². The van der Waals surface area contributed by atoms with Crippen LogP contribution in [0.4, 0.5) is 5.69 Å². The van der Waals surface area contributed by atoms with Crippen LogP contribution in [0.2, 0.25) is 0 Å². The Hall–Kier alpha value is -3.53. The fourth-order valence-corrected chi connectivity index (χ4v) is 6.97. The van der Waals surface area contributed by atoms with Crippen LogP contribution in [0.15, 0.2) is 30.6 Å². The van der Waals surface area contributed by atoms with Crippen molar-refractivity contribution < 1.29 is 19.2 Å². The first kappa shape index (κ1) is 26.7. The minimum absolute atomic E-state index is 0.0946. The first-order valence-corrected chi connectivity index (χ1v) is 14.7. The Kier molecular flexibility index (Phi) is 7.20. The number of benzene rings is 1. The Morgan fingerprint density at radius 2 is 1.80 bits per heavy atom. The molecular weight excluding hydrogens is 508 g/mol. The van der Waals surface area contributed by atoms with Gasteiger partial charge in [0.05, 0.1) is 23.4 Å². The Labute approximate surface area is 234 Å². The molecule has 1 aromatic heterocycles. The van der Waals surface area contributed by atoms with Gasteiger partial charge >= 0.3 is 0 Å². The standard InChI is InChI=1S/C30H38N6O4/c1-30(12-3-2-4-13-30)19-34-14-10-21(11-15-34)35-18-20(17-32-35)16-31-23-7-5-6-22-26(23)29(40)36(28(22)39)24-8-9-25(37)33-27(24)38/h5-7,17-18,21,24,31H,2-4,8-16,19H2,1H3,(H,33,37,38). The molecule has 1 unspecified atom stereocenters. The molecule has 1 atom stereocenters. The number of rotatable bonds is 7. The fraction of sp³-hybridized carbons (Fsp3) is 0.567. The van der Waals surface area contributed by atoms with Gasteiger partial charge in [0.25, 0.3) is 11.8 Å². The number of nitrogens with zero attached hydrogens (tertiary/aromatic N) is 4. The van der Waals surface area contributed by atoms with Crippen LogP contribution < -0.4 is 10.6 Å². The van der Waals surface area contributed by atoms with Gasteiger partial charge < -0.3 is 10.2 Å². The van der Waals surface area contributed by atoms with Crippen molar-refractivity contribution >= 4 is 29.3 Å². The lowest BCUT2D eigenvalue weighted by atomic mass is 9.75. The molecule has 4 aliphatic rings. The summed E-state index contributed by atoms with van der Waals surface area (Å²) in [6.45, 7) is 6.32. The summed E-state index contributed by atoms with van der Waals surface area (Å²) >= 11 is 0. The van der Waals surface area contributed by atoms with Crippen LogP contribution in [-0.2, 0) is 16.1 Å². The normalized spacial score (nSPS) is 23.8. The van der Waals surface area contributed by atoms with Gasteiger partial charge in [-0.15, -0.1) is 0 Å². The Bertz CT molecular complexity index is 1320. The molecule has 0 radical (unpaired) electrons. The molecule has 6 rings (SSSR count). The van der Waals surface area contributed by atoms with Crippen LogP contribution in [0.1, 0.15) is 97.0 Å². The molecule has 2 saturated heterocycles. The van der Waals surface area contributed by atoms with Crippen LogP contribution in [0.25, 0.3) is 0 Å². The average Bonchev–Trinajstić information content (AvgIpc) is 3.51. The lowest BCUT2D eigenvalue weighted by molar-refractivity contribution is -0.136. The lowest BCUT2D eigenvalue weighted by Crippen LogP contribution is -2.54. The van der Waals surface area contributed by atoms with Crippen molar-refractivity contribution in [3.63, 3.8) is 0 Å². The number of piperidine rings is 2. The van der Waals surface area contributed by atoms with Crippen LogP contribution >= 0.6 is 0 Å². The number of hydrogen-bond donors (Lipinski definition) is 2. The minimum atomic E-state index is -0.979. The molecule has 3 aliphatic heterocycles. The third kappa shape index (κ3) is 5.16. The van der Waals surface area contributed by atoms with E-state index in [9.17, 15) is 19.2 Å². The number of fused-ring (bicyclic) bond motifs is 1. The first-order chi connectivity index (χ1) is 19.3. The zero-order valence-electron chi connectivity index (χ0n) is 23.2. The van der Waals surface area contributed by atoms with E-state index in [0.717, 1.165) is 36.4 Å². The number of amides is 4. The van der Waals surface area contributed by atoms with E-state index in [0.29, 0.717) is 23.7 Å². The molecule has 3 fully saturated rings. The molecule has 2 N–H and O–H groups in total. The van der Waals surface area contributed by atoms with Crippen molar-refractivity contribution in [3.05, 3.63) is 47.3 Å². The second-order valence-electron chi connectivity index (χ2n) is 12.2. The van der Waals surface area contributed by atoms with Gasteiger partial charge in [-0.25, -0.2) is 0 Å². The lowest BCUT2D eigenvalue weighted by Gasteiger charge is -2.41. The molecule has 1 aliphatic carbocycles. The Morgan fingerprint density at radius 3 is 2.55 bits per heavy atom. The third-order valence-corrected chi connectivity index (χ3v) is 9.20. The second kappa shape index (κ2) is 10.8. The van der Waals surface area contributed by atoms with E-state index in [1.54, 1.807) is 18.2 Å². The van der Waals surface area contributed by atoms with Crippen LogP contribution in [-0.4, -0.2) is 68.9 Å². The van der Waals surface area contributed by atoms with Gasteiger partial charge in [0.15, 0.2) is 0 Å². The van der Waals surface area contributed by atoms with E-state index in [-0.39, 0.29) is 29.9 Å². The van der Waals surface area contributed by atoms with Crippen LogP contribution in [0.3, 0.4) is 0 Å². The summed E-state index contributed by atoms with van der Waals surface area (Å²) in [4.78, 5) is 54.0. The maximum absolute atomic E-state index is 13.3. The molecule has 10 nitrogen and oxygen atoms in total. The van der Waals surface area contributed by atoms with Gasteiger partial charge in [-0.1, -0.05) is 32.3 Å². The topological polar surface area (TPSA) is 117 Å². The van der Waals surface area contributed by atoms with E-state index in [4.69, 9.17) is 0 Å². The second-order valence-corrected chi connectivity index (χ2v) is 12.2. The summed E-state index contributed by atoms with van der Waals surface area (Å²) in [5.74, 6) is -2.02. The number of imide groups is 2. The molecule has 1 aromatic carbocycles. The van der Waals surface area contributed by atoms with Gasteiger partial charge in [0, 0.05) is 50.0 Å². The zero-order chi connectivity index (χ0) is 27.9. The average molecular weight is 547 g/mol. The number of nitrogens with one attached hydrogen (secondary N) is 2. The first-order valence-electron chi connectivity index (χ1n) is 14.7. The maximum atomic E-state index is 13.3. The highest BCUT2D eigenvalue weighted by molar-refractivity contribution is 6.25. The van der Waals surface area contributed by atoms with Gasteiger partial charge in [0.2, 0.25) is 11.8 Å². The summed E-state index contributed by atoms with van der Waals surface area (Å²) in [5.41, 5.74) is 2.54. The maximum Gasteiger partial charge on any atom is 0.264 e. The molecule has 4 heterocycles. The van der Waals surface area contributed by atoms with Gasteiger partial charge in [-0.3, -0.25) is 34.1 Å². The molecule has 0 bridgehead atoms. The number of carbonyl (C=O) groups is 4. The van der Waals surface area contributed by atoms with Crippen molar-refractivity contribution in [2.24, 2.45) is 5.41 Å². The van der Waals surface area contributed by atoms with E-state index >= 15 is 0 Å². The van der Waals surface area contributed by atoms with Gasteiger partial charge in [-0.05, 0) is 49.7 Å². The molecule has 1 saturated carbocycles. The van der Waals surface area contributed by atoms with E-state index in [1.807, 2.05) is 6.20 Å². The van der Waals surface area contributed by atoms with Gasteiger partial charge in [0.1, 0.15) is 6.04 Å². The highest BCUT2D eigenvalue weighted by atomic mass is 16.2. The number of anilines is 1. The van der Waals surface area contributed by atoms with Crippen molar-refractivity contribution in [2.45, 2.75) is 83.3 Å². The minimum Gasteiger partial charge on any atom is -0.380 e. The van der Waals surface area contributed by atoms with E-state index < -0.39 is 23.8 Å². The monoisotopic (exact) mass is 546 g/mol. The summed E-state index contributed by atoms with van der Waals surface area (Å²) in [6.07, 6.45) is 13.1. The molecule has 0 spiro atoms. The SMILES string of the molecule is CC1(CN2CCC(n3cc(CNc4cccc5c4C(=O)N(C4CCC(=O)NC4=O)C5=O)cn3)CC2)CCCCC1. The fourth-order valence-electron chi connectivity index (χ4n) is 6.97. The van der Waals surface area contributed by atoms with Crippen molar-refractivity contribution in [3.8, 4) is 0 Å². The third-order valence-electron chi connectivity index (χ3n) is 9.20. The van der Waals surface area contributed by atoms with Crippen molar-refractivity contribution in [1.29, 1.82) is 0 Å². The molecule has 2 aromatic rings. The highest BCUT2D eigenvalue weighted by Crippen LogP contribution is 2.37. The van der Waals surface area contributed by atoms with Crippen LogP contribution in [0, 0.1) is 5.41 Å². The molecule has 10 heteroatoms. The summed E-state index contributed by atoms with van der Waals surface area (Å²) in [7, 11) is 0. The summed E-state index contributed by atoms with van der Waals surface area (Å²) in [6, 6.07) is 4.50. The smallest absolute Gasteiger partial charge is 0.264 e. The van der Waals surface area contributed by atoms with Crippen LogP contribution in [0.5, 0.6) is 0 Å². The molecule has 4 amide bonds.